The van der Waals surface area contributed by atoms with E-state index in [9.17, 15) is 12.8 Å². The molecule has 1 aliphatic rings. The first-order valence-corrected chi connectivity index (χ1v) is 9.37. The van der Waals surface area contributed by atoms with Gasteiger partial charge in [0.25, 0.3) is 0 Å². The molecule has 0 amide bonds. The molecule has 2 rings (SSSR count). The number of benzene rings is 1. The fraction of sp³-hybridized carbons (Fsp3) is 0.462. The summed E-state index contributed by atoms with van der Waals surface area (Å²) in [6, 6.07) is 3.44. The molecule has 0 radical (unpaired) electrons. The van der Waals surface area contributed by atoms with Crippen LogP contribution in [-0.2, 0) is 10.0 Å². The van der Waals surface area contributed by atoms with Crippen LogP contribution < -0.4 is 5.73 Å². The average molecular weight is 348 g/mol. The highest BCUT2D eigenvalue weighted by Gasteiger charge is 2.35. The molecule has 2 unspecified atom stereocenters. The molecule has 1 saturated heterocycles. The molecule has 2 N–H and O–H groups in total. The maximum Gasteiger partial charge on any atom is 0.243 e. The first-order valence-electron chi connectivity index (χ1n) is 6.48. The number of hydrogen-bond acceptors (Lipinski definition) is 4. The lowest BCUT2D eigenvalue weighted by Gasteiger charge is -2.36. The van der Waals surface area contributed by atoms with E-state index in [2.05, 4.69) is 0 Å². The standard InChI is InChI=1S/C13H17FN2O2S3/c1-8-9(2)20-6-5-16(8)21(17,18)10-3-4-12(14)11(7-10)13(15)19/h3-4,7-9H,5-6H2,1-2H3,(H2,15,19). The largest absolute Gasteiger partial charge is 0.389 e. The lowest BCUT2D eigenvalue weighted by atomic mass is 10.2. The zero-order valence-electron chi connectivity index (χ0n) is 11.7. The number of sulfonamides is 1. The smallest absolute Gasteiger partial charge is 0.243 e. The Labute approximate surface area is 133 Å². The summed E-state index contributed by atoms with van der Waals surface area (Å²) in [7, 11) is -3.68. The first-order chi connectivity index (χ1) is 9.75. The van der Waals surface area contributed by atoms with E-state index in [0.717, 1.165) is 11.8 Å². The van der Waals surface area contributed by atoms with E-state index in [4.69, 9.17) is 18.0 Å². The molecule has 1 heterocycles. The van der Waals surface area contributed by atoms with Crippen molar-refractivity contribution in [2.24, 2.45) is 5.73 Å². The third-order valence-electron chi connectivity index (χ3n) is 3.64. The van der Waals surface area contributed by atoms with Crippen molar-refractivity contribution in [3.63, 3.8) is 0 Å². The Bertz CT molecular complexity index is 663. The number of thioether (sulfide) groups is 1. The predicted molar refractivity (Wildman–Crippen MR) is 87.6 cm³/mol. The van der Waals surface area contributed by atoms with Crippen LogP contribution >= 0.6 is 24.0 Å². The summed E-state index contributed by atoms with van der Waals surface area (Å²) in [5.41, 5.74) is 5.39. The van der Waals surface area contributed by atoms with Gasteiger partial charge in [-0.05, 0) is 25.1 Å². The van der Waals surface area contributed by atoms with Crippen molar-refractivity contribution >= 4 is 39.0 Å². The van der Waals surface area contributed by atoms with Crippen molar-refractivity contribution in [1.29, 1.82) is 0 Å². The van der Waals surface area contributed by atoms with Gasteiger partial charge >= 0.3 is 0 Å². The molecule has 2 atom stereocenters. The Morgan fingerprint density at radius 3 is 2.76 bits per heavy atom. The van der Waals surface area contributed by atoms with Crippen molar-refractivity contribution < 1.29 is 12.8 Å². The topological polar surface area (TPSA) is 63.4 Å². The summed E-state index contributed by atoms with van der Waals surface area (Å²) in [6.07, 6.45) is 0. The summed E-state index contributed by atoms with van der Waals surface area (Å²) in [6.45, 7) is 4.33. The summed E-state index contributed by atoms with van der Waals surface area (Å²) >= 11 is 6.50. The average Bonchev–Trinajstić information content (AvgIpc) is 2.41. The third-order valence-corrected chi connectivity index (χ3v) is 7.18. The molecule has 1 aromatic carbocycles. The van der Waals surface area contributed by atoms with Crippen molar-refractivity contribution in [3.8, 4) is 0 Å². The molecular weight excluding hydrogens is 331 g/mol. The van der Waals surface area contributed by atoms with Crippen molar-refractivity contribution in [1.82, 2.24) is 4.31 Å². The lowest BCUT2D eigenvalue weighted by Crippen LogP contribution is -2.47. The number of hydrogen-bond donors (Lipinski definition) is 1. The Morgan fingerprint density at radius 1 is 1.48 bits per heavy atom. The monoisotopic (exact) mass is 348 g/mol. The van der Waals surface area contributed by atoms with E-state index in [1.54, 1.807) is 11.8 Å². The summed E-state index contributed by atoms with van der Waals surface area (Å²) in [5.74, 6) is 0.130. The quantitative estimate of drug-likeness (QED) is 0.846. The SMILES string of the molecule is CC1SCCN(S(=O)(=O)c2ccc(F)c(C(N)=S)c2)C1C. The normalized spacial score (nSPS) is 24.0. The molecule has 116 valence electrons. The van der Waals surface area contributed by atoms with Crippen LogP contribution in [-0.4, -0.2) is 41.3 Å². The molecule has 1 aromatic rings. The minimum absolute atomic E-state index is 0.0256. The maximum atomic E-state index is 13.6. The minimum Gasteiger partial charge on any atom is -0.389 e. The maximum absolute atomic E-state index is 13.6. The second-order valence-corrected chi connectivity index (χ2v) is 8.75. The van der Waals surface area contributed by atoms with Gasteiger partial charge in [-0.1, -0.05) is 19.1 Å². The van der Waals surface area contributed by atoms with Crippen LogP contribution in [0.5, 0.6) is 0 Å². The van der Waals surface area contributed by atoms with Crippen molar-refractivity contribution in [2.45, 2.75) is 30.0 Å². The second-order valence-electron chi connectivity index (χ2n) is 4.94. The Hall–Kier alpha value is -0.700. The van der Waals surface area contributed by atoms with Crippen LogP contribution in [0.2, 0.25) is 0 Å². The lowest BCUT2D eigenvalue weighted by molar-refractivity contribution is 0.340. The molecule has 4 nitrogen and oxygen atoms in total. The van der Waals surface area contributed by atoms with Crippen LogP contribution in [0.1, 0.15) is 19.4 Å². The first kappa shape index (κ1) is 16.7. The molecule has 0 saturated carbocycles. The Morgan fingerprint density at radius 2 is 2.14 bits per heavy atom. The highest BCUT2D eigenvalue weighted by molar-refractivity contribution is 8.00. The van der Waals surface area contributed by atoms with E-state index in [1.807, 2.05) is 13.8 Å². The summed E-state index contributed by atoms with van der Waals surface area (Å²) < 4.78 is 40.6. The number of thiocarbonyl (C=S) groups is 1. The zero-order valence-corrected chi connectivity index (χ0v) is 14.2. The van der Waals surface area contributed by atoms with E-state index >= 15 is 0 Å². The van der Waals surface area contributed by atoms with E-state index in [0.29, 0.717) is 6.54 Å². The molecule has 0 spiro atoms. The summed E-state index contributed by atoms with van der Waals surface area (Å²) in [4.78, 5) is -0.127. The highest BCUT2D eigenvalue weighted by atomic mass is 32.2. The van der Waals surface area contributed by atoms with Gasteiger partial charge < -0.3 is 5.73 Å². The molecule has 1 fully saturated rings. The van der Waals surface area contributed by atoms with Crippen LogP contribution in [0.4, 0.5) is 4.39 Å². The number of halogens is 1. The fourth-order valence-electron chi connectivity index (χ4n) is 2.23. The molecule has 0 aromatic heterocycles. The van der Waals surface area contributed by atoms with E-state index in [-0.39, 0.29) is 26.7 Å². The van der Waals surface area contributed by atoms with E-state index < -0.39 is 15.8 Å². The van der Waals surface area contributed by atoms with Gasteiger partial charge in [0.05, 0.1) is 4.90 Å². The van der Waals surface area contributed by atoms with Gasteiger partial charge in [-0.15, -0.1) is 0 Å². The van der Waals surface area contributed by atoms with Gasteiger partial charge in [-0.3, -0.25) is 0 Å². The molecule has 0 bridgehead atoms. The minimum atomic E-state index is -3.68. The molecule has 21 heavy (non-hydrogen) atoms. The van der Waals surface area contributed by atoms with Crippen LogP contribution in [0.15, 0.2) is 23.1 Å². The molecule has 0 aliphatic carbocycles. The fourth-order valence-corrected chi connectivity index (χ4v) is 5.41. The van der Waals surface area contributed by atoms with E-state index in [1.165, 1.54) is 16.4 Å². The molecule has 1 aliphatic heterocycles. The van der Waals surface area contributed by atoms with Gasteiger partial charge in [0.2, 0.25) is 10.0 Å². The van der Waals surface area contributed by atoms with Gasteiger partial charge in [0.15, 0.2) is 0 Å². The van der Waals surface area contributed by atoms with Crippen LogP contribution in [0.25, 0.3) is 0 Å². The van der Waals surface area contributed by atoms with Crippen molar-refractivity contribution in [2.75, 3.05) is 12.3 Å². The third kappa shape index (κ3) is 3.23. The summed E-state index contributed by atoms with van der Waals surface area (Å²) in [5, 5.41) is 0.212. The van der Waals surface area contributed by atoms with Crippen LogP contribution in [0, 0.1) is 5.82 Å². The van der Waals surface area contributed by atoms with Gasteiger partial charge in [-0.25, -0.2) is 12.8 Å². The van der Waals surface area contributed by atoms with Crippen molar-refractivity contribution in [3.05, 3.63) is 29.6 Å². The number of rotatable bonds is 3. The number of nitrogens with two attached hydrogens (primary N) is 1. The molecular formula is C13H17FN2O2S3. The molecule has 8 heteroatoms. The Balaban J connectivity index is 2.44. The van der Waals surface area contributed by atoms with Crippen LogP contribution in [0.3, 0.4) is 0 Å². The zero-order chi connectivity index (χ0) is 15.8. The van der Waals surface area contributed by atoms with Gasteiger partial charge in [-0.2, -0.15) is 16.1 Å². The van der Waals surface area contributed by atoms with Gasteiger partial charge in [0.1, 0.15) is 10.8 Å². The highest BCUT2D eigenvalue weighted by Crippen LogP contribution is 2.29. The predicted octanol–water partition coefficient (Wildman–Crippen LogP) is 1.97. The second kappa shape index (κ2) is 6.20. The van der Waals surface area contributed by atoms with Gasteiger partial charge in [0, 0.05) is 29.2 Å². The number of nitrogens with zero attached hydrogens (tertiary/aromatic N) is 1. The Kier molecular flexibility index (Phi) is 4.92.